The van der Waals surface area contributed by atoms with Gasteiger partial charge < -0.3 is 15.3 Å². The van der Waals surface area contributed by atoms with Crippen LogP contribution in [0.5, 0.6) is 0 Å². The molecule has 2 N–H and O–H groups in total. The first-order valence-corrected chi connectivity index (χ1v) is 9.82. The average Bonchev–Trinajstić information content (AvgIpc) is 2.62. The molecule has 3 aliphatic heterocycles. The summed E-state index contributed by atoms with van der Waals surface area (Å²) in [6.07, 6.45) is 6.34. The van der Waals surface area contributed by atoms with Crippen LogP contribution in [0.3, 0.4) is 0 Å². The van der Waals surface area contributed by atoms with E-state index in [4.69, 9.17) is 5.11 Å². The molecule has 0 aromatic heterocycles. The van der Waals surface area contributed by atoms with Crippen molar-refractivity contribution in [2.45, 2.75) is 38.1 Å². The molecule has 0 aromatic rings. The lowest BCUT2D eigenvalue weighted by molar-refractivity contribution is -0.138. The number of carboxylic acid groups (broad SMARTS) is 1. The summed E-state index contributed by atoms with van der Waals surface area (Å²) in [6, 6.07) is 0.668. The molecule has 0 saturated carbocycles. The Bertz CT molecular complexity index is 384. The van der Waals surface area contributed by atoms with Crippen molar-refractivity contribution in [1.82, 2.24) is 20.0 Å². The Balaban J connectivity index is 1.31. The molecule has 0 amide bonds. The quantitative estimate of drug-likeness (QED) is 0.737. The number of aliphatic carboxylic acids is 1. The third kappa shape index (κ3) is 5.41. The summed E-state index contributed by atoms with van der Waals surface area (Å²) in [4.78, 5) is 18.2. The minimum atomic E-state index is -0.698. The monoisotopic (exact) mass is 338 g/mol. The predicted octanol–water partition coefficient (Wildman–Crippen LogP) is 0.543. The molecule has 6 nitrogen and oxygen atoms in total. The Morgan fingerprint density at radius 3 is 2.21 bits per heavy atom. The van der Waals surface area contributed by atoms with E-state index in [0.717, 1.165) is 31.8 Å². The minimum Gasteiger partial charge on any atom is -0.480 e. The summed E-state index contributed by atoms with van der Waals surface area (Å²) < 4.78 is 0. The summed E-state index contributed by atoms with van der Waals surface area (Å²) >= 11 is 0. The van der Waals surface area contributed by atoms with Crippen LogP contribution in [0.1, 0.15) is 32.1 Å². The van der Waals surface area contributed by atoms with Crippen LogP contribution in [-0.4, -0.2) is 97.3 Å². The number of carbonyl (C=O) groups is 1. The summed E-state index contributed by atoms with van der Waals surface area (Å²) in [6.45, 7) is 10.6. The van der Waals surface area contributed by atoms with Crippen LogP contribution in [0.2, 0.25) is 0 Å². The molecule has 6 heteroatoms. The van der Waals surface area contributed by atoms with Crippen molar-refractivity contribution in [3.63, 3.8) is 0 Å². The van der Waals surface area contributed by atoms with Crippen molar-refractivity contribution in [3.8, 4) is 0 Å². The zero-order valence-corrected chi connectivity index (χ0v) is 15.0. The van der Waals surface area contributed by atoms with Gasteiger partial charge in [0.15, 0.2) is 0 Å². The number of nitrogens with zero attached hydrogens (tertiary/aromatic N) is 3. The Kier molecular flexibility index (Phi) is 6.89. The van der Waals surface area contributed by atoms with Crippen LogP contribution in [0, 0.1) is 5.92 Å². The number of piperidine rings is 2. The SMILES string of the molecule is O=C(O)CN1CCC(N2CCN(CCC3CCNCC3)CC2)CC1. The lowest BCUT2D eigenvalue weighted by Crippen LogP contribution is -2.53. The number of hydrogen-bond donors (Lipinski definition) is 2. The van der Waals surface area contributed by atoms with Crippen LogP contribution >= 0.6 is 0 Å². The molecule has 24 heavy (non-hydrogen) atoms. The van der Waals surface area contributed by atoms with Gasteiger partial charge in [-0.25, -0.2) is 0 Å². The molecule has 3 saturated heterocycles. The third-order valence-electron chi connectivity index (χ3n) is 6.15. The highest BCUT2D eigenvalue weighted by Gasteiger charge is 2.28. The largest absolute Gasteiger partial charge is 0.480 e. The zero-order valence-electron chi connectivity index (χ0n) is 15.0. The Hall–Kier alpha value is -0.690. The van der Waals surface area contributed by atoms with E-state index in [0.29, 0.717) is 6.04 Å². The van der Waals surface area contributed by atoms with Crippen molar-refractivity contribution in [2.75, 3.05) is 65.4 Å². The second kappa shape index (κ2) is 9.13. The summed E-state index contributed by atoms with van der Waals surface area (Å²) in [7, 11) is 0. The second-order valence-corrected chi connectivity index (χ2v) is 7.76. The van der Waals surface area contributed by atoms with Gasteiger partial charge in [-0.05, 0) is 57.7 Å². The highest BCUT2D eigenvalue weighted by Crippen LogP contribution is 2.20. The molecule has 0 aliphatic carbocycles. The molecule has 0 unspecified atom stereocenters. The maximum Gasteiger partial charge on any atom is 0.317 e. The van der Waals surface area contributed by atoms with E-state index < -0.39 is 5.97 Å². The van der Waals surface area contributed by atoms with Crippen molar-refractivity contribution in [3.05, 3.63) is 0 Å². The Morgan fingerprint density at radius 2 is 1.58 bits per heavy atom. The fraction of sp³-hybridized carbons (Fsp3) is 0.944. The first-order valence-electron chi connectivity index (χ1n) is 9.82. The van der Waals surface area contributed by atoms with Crippen LogP contribution in [0.4, 0.5) is 0 Å². The lowest BCUT2D eigenvalue weighted by Gasteiger charge is -2.42. The van der Waals surface area contributed by atoms with Crippen molar-refractivity contribution in [1.29, 1.82) is 0 Å². The third-order valence-corrected chi connectivity index (χ3v) is 6.15. The summed E-state index contributed by atoms with van der Waals surface area (Å²) in [5.41, 5.74) is 0. The lowest BCUT2D eigenvalue weighted by atomic mass is 9.94. The van der Waals surface area contributed by atoms with Crippen LogP contribution in [0.15, 0.2) is 0 Å². The first-order chi connectivity index (χ1) is 11.7. The van der Waals surface area contributed by atoms with Gasteiger partial charge >= 0.3 is 5.97 Å². The number of hydrogen-bond acceptors (Lipinski definition) is 5. The molecule has 138 valence electrons. The molecule has 0 aromatic carbocycles. The normalized spacial score (nSPS) is 26.7. The average molecular weight is 338 g/mol. The minimum absolute atomic E-state index is 0.206. The van der Waals surface area contributed by atoms with Gasteiger partial charge in [-0.3, -0.25) is 14.6 Å². The maximum atomic E-state index is 10.8. The van der Waals surface area contributed by atoms with Crippen LogP contribution < -0.4 is 5.32 Å². The van der Waals surface area contributed by atoms with Crippen LogP contribution in [-0.2, 0) is 4.79 Å². The van der Waals surface area contributed by atoms with Gasteiger partial charge in [0, 0.05) is 45.3 Å². The van der Waals surface area contributed by atoms with Gasteiger partial charge in [-0.15, -0.1) is 0 Å². The van der Waals surface area contributed by atoms with Crippen molar-refractivity contribution >= 4 is 5.97 Å². The fourth-order valence-corrected chi connectivity index (χ4v) is 4.52. The standard InChI is InChI=1S/C18H34N4O2/c23-18(24)15-21-9-4-17(5-10-21)22-13-11-20(12-14-22)8-3-16-1-6-19-7-2-16/h16-17,19H,1-15H2,(H,23,24). The zero-order chi connectivity index (χ0) is 16.8. The first kappa shape index (κ1) is 18.1. The van der Waals surface area contributed by atoms with Gasteiger partial charge in [-0.2, -0.15) is 0 Å². The van der Waals surface area contributed by atoms with E-state index in [-0.39, 0.29) is 6.54 Å². The molecule has 0 spiro atoms. The number of likely N-dealkylation sites (tertiary alicyclic amines) is 1. The van der Waals surface area contributed by atoms with E-state index >= 15 is 0 Å². The number of nitrogens with one attached hydrogen (secondary N) is 1. The summed E-state index contributed by atoms with van der Waals surface area (Å²) in [5.74, 6) is 0.235. The molecular weight excluding hydrogens is 304 g/mol. The molecule has 3 fully saturated rings. The van der Waals surface area contributed by atoms with Gasteiger partial charge in [0.25, 0.3) is 0 Å². The molecule has 3 heterocycles. The van der Waals surface area contributed by atoms with Gasteiger partial charge in [-0.1, -0.05) is 0 Å². The topological polar surface area (TPSA) is 59.1 Å². The number of piperazine rings is 1. The van der Waals surface area contributed by atoms with Gasteiger partial charge in [0.05, 0.1) is 6.54 Å². The molecule has 3 rings (SSSR count). The Labute approximate surface area is 146 Å². The molecule has 0 bridgehead atoms. The summed E-state index contributed by atoms with van der Waals surface area (Å²) in [5, 5.41) is 12.3. The fourth-order valence-electron chi connectivity index (χ4n) is 4.52. The molecule has 0 radical (unpaired) electrons. The van der Waals surface area contributed by atoms with Crippen molar-refractivity contribution in [2.24, 2.45) is 5.92 Å². The second-order valence-electron chi connectivity index (χ2n) is 7.76. The van der Waals surface area contributed by atoms with E-state index in [1.54, 1.807) is 0 Å². The van der Waals surface area contributed by atoms with Crippen molar-refractivity contribution < 1.29 is 9.90 Å². The van der Waals surface area contributed by atoms with E-state index in [1.807, 2.05) is 0 Å². The molecule has 0 atom stereocenters. The molecular formula is C18H34N4O2. The number of rotatable bonds is 6. The van der Waals surface area contributed by atoms with Gasteiger partial charge in [0.1, 0.15) is 0 Å². The van der Waals surface area contributed by atoms with Gasteiger partial charge in [0.2, 0.25) is 0 Å². The highest BCUT2D eigenvalue weighted by molar-refractivity contribution is 5.69. The predicted molar refractivity (Wildman–Crippen MR) is 95.3 cm³/mol. The van der Waals surface area contributed by atoms with E-state index in [1.165, 1.54) is 65.1 Å². The number of carboxylic acids is 1. The smallest absolute Gasteiger partial charge is 0.317 e. The Morgan fingerprint density at radius 1 is 0.917 bits per heavy atom. The van der Waals surface area contributed by atoms with Crippen LogP contribution in [0.25, 0.3) is 0 Å². The molecule has 3 aliphatic rings. The van der Waals surface area contributed by atoms with E-state index in [2.05, 4.69) is 20.0 Å². The van der Waals surface area contributed by atoms with E-state index in [9.17, 15) is 4.79 Å². The highest BCUT2D eigenvalue weighted by atomic mass is 16.4. The maximum absolute atomic E-state index is 10.8.